The molecule has 5 rings (SSSR count). The molecule has 1 atom stereocenters. The molecule has 1 unspecified atom stereocenters. The molecule has 0 radical (unpaired) electrons. The number of aryl methyl sites for hydroxylation is 1. The van der Waals surface area contributed by atoms with Gasteiger partial charge in [0.2, 0.25) is 0 Å². The van der Waals surface area contributed by atoms with Gasteiger partial charge in [-0.15, -0.1) is 0 Å². The maximum atomic E-state index is 12.9. The lowest BCUT2D eigenvalue weighted by Crippen LogP contribution is -2.36. The Morgan fingerprint density at radius 2 is 1.53 bits per heavy atom. The SMILES string of the molecule is Cc1cccc(C(=O)Nc2cccc(C(=O)Nc3ccc4c(c3)C(=O)N(CC3CCCO3)C4=O)c2)c1. The van der Waals surface area contributed by atoms with Gasteiger partial charge in [0.25, 0.3) is 23.6 Å². The van der Waals surface area contributed by atoms with Crippen molar-refractivity contribution in [2.45, 2.75) is 25.9 Å². The average Bonchev–Trinajstić information content (AvgIpc) is 3.47. The molecule has 0 spiro atoms. The summed E-state index contributed by atoms with van der Waals surface area (Å²) in [5, 5.41) is 5.58. The highest BCUT2D eigenvalue weighted by Crippen LogP contribution is 2.28. The fraction of sp³-hybridized carbons (Fsp3) is 0.214. The zero-order chi connectivity index (χ0) is 25.2. The normalized spacial score (nSPS) is 16.7. The number of benzene rings is 3. The van der Waals surface area contributed by atoms with E-state index in [1.165, 1.54) is 11.0 Å². The minimum Gasteiger partial charge on any atom is -0.376 e. The number of ether oxygens (including phenoxy) is 1. The number of carbonyl (C=O) groups is 4. The van der Waals surface area contributed by atoms with Crippen LogP contribution in [0.4, 0.5) is 11.4 Å². The van der Waals surface area contributed by atoms with Crippen LogP contribution in [0.5, 0.6) is 0 Å². The monoisotopic (exact) mass is 483 g/mol. The van der Waals surface area contributed by atoms with Gasteiger partial charge in [0.1, 0.15) is 0 Å². The second-order valence-electron chi connectivity index (χ2n) is 8.97. The van der Waals surface area contributed by atoms with Gasteiger partial charge in [-0.25, -0.2) is 0 Å². The van der Waals surface area contributed by atoms with Gasteiger partial charge in [-0.05, 0) is 68.3 Å². The molecule has 8 nitrogen and oxygen atoms in total. The molecule has 2 aliphatic rings. The van der Waals surface area contributed by atoms with Crippen molar-refractivity contribution in [3.8, 4) is 0 Å². The second-order valence-corrected chi connectivity index (χ2v) is 8.97. The Kier molecular flexibility index (Phi) is 6.35. The van der Waals surface area contributed by atoms with Crippen molar-refractivity contribution in [1.82, 2.24) is 4.90 Å². The minimum atomic E-state index is -0.408. The van der Waals surface area contributed by atoms with Crippen molar-refractivity contribution in [3.05, 3.63) is 94.5 Å². The largest absolute Gasteiger partial charge is 0.376 e. The maximum Gasteiger partial charge on any atom is 0.261 e. The molecule has 0 aliphatic carbocycles. The molecule has 0 aromatic heterocycles. The summed E-state index contributed by atoms with van der Waals surface area (Å²) in [6.45, 7) is 2.78. The highest BCUT2D eigenvalue weighted by molar-refractivity contribution is 6.22. The summed E-state index contributed by atoms with van der Waals surface area (Å²) >= 11 is 0. The van der Waals surface area contributed by atoms with Crippen LogP contribution in [0.3, 0.4) is 0 Å². The van der Waals surface area contributed by atoms with E-state index in [1.807, 2.05) is 19.1 Å². The van der Waals surface area contributed by atoms with Crippen LogP contribution < -0.4 is 10.6 Å². The zero-order valence-corrected chi connectivity index (χ0v) is 19.7. The van der Waals surface area contributed by atoms with E-state index in [9.17, 15) is 19.2 Å². The van der Waals surface area contributed by atoms with Crippen molar-refractivity contribution in [2.24, 2.45) is 0 Å². The van der Waals surface area contributed by atoms with Crippen molar-refractivity contribution < 1.29 is 23.9 Å². The molecule has 0 bridgehead atoms. The molecule has 2 N–H and O–H groups in total. The van der Waals surface area contributed by atoms with Crippen LogP contribution in [-0.4, -0.2) is 47.8 Å². The molecular weight excluding hydrogens is 458 g/mol. The van der Waals surface area contributed by atoms with E-state index < -0.39 is 5.91 Å². The summed E-state index contributed by atoms with van der Waals surface area (Å²) in [5.74, 6) is -1.41. The van der Waals surface area contributed by atoms with Crippen molar-refractivity contribution >= 4 is 35.0 Å². The Hall–Kier alpha value is -4.30. The lowest BCUT2D eigenvalue weighted by atomic mass is 10.1. The van der Waals surface area contributed by atoms with Crippen molar-refractivity contribution in [2.75, 3.05) is 23.8 Å². The van der Waals surface area contributed by atoms with Crippen LogP contribution in [0.25, 0.3) is 0 Å². The lowest BCUT2D eigenvalue weighted by molar-refractivity contribution is 0.0475. The summed E-state index contributed by atoms with van der Waals surface area (Å²) in [6, 6.07) is 18.5. The summed E-state index contributed by atoms with van der Waals surface area (Å²) in [7, 11) is 0. The Bertz CT molecular complexity index is 1380. The minimum absolute atomic E-state index is 0.134. The number of nitrogens with one attached hydrogen (secondary N) is 2. The number of rotatable bonds is 6. The maximum absolute atomic E-state index is 12.9. The van der Waals surface area contributed by atoms with E-state index >= 15 is 0 Å². The molecule has 2 heterocycles. The van der Waals surface area contributed by atoms with Gasteiger partial charge in [0.05, 0.1) is 23.8 Å². The summed E-state index contributed by atoms with van der Waals surface area (Å²) in [6.07, 6.45) is 1.60. The highest BCUT2D eigenvalue weighted by Gasteiger charge is 2.37. The van der Waals surface area contributed by atoms with E-state index in [0.717, 1.165) is 18.4 Å². The molecule has 2 aliphatic heterocycles. The fourth-order valence-corrected chi connectivity index (χ4v) is 4.46. The molecular formula is C28H25N3O5. The molecule has 1 fully saturated rings. The van der Waals surface area contributed by atoms with Gasteiger partial charge in [-0.3, -0.25) is 24.1 Å². The van der Waals surface area contributed by atoms with E-state index in [0.29, 0.717) is 34.7 Å². The van der Waals surface area contributed by atoms with Crippen molar-refractivity contribution in [3.63, 3.8) is 0 Å². The first kappa shape index (κ1) is 23.4. The first-order valence-corrected chi connectivity index (χ1v) is 11.8. The van der Waals surface area contributed by atoms with Gasteiger partial charge in [0.15, 0.2) is 0 Å². The summed E-state index contributed by atoms with van der Waals surface area (Å²) < 4.78 is 5.57. The van der Waals surface area contributed by atoms with Crippen LogP contribution in [0.1, 0.15) is 59.8 Å². The standard InChI is InChI=1S/C28H25N3O5/c1-17-5-2-6-18(13-17)25(32)29-20-8-3-7-19(14-20)26(33)30-21-10-11-23-24(15-21)28(35)31(27(23)34)16-22-9-4-12-36-22/h2-3,5-8,10-11,13-15,22H,4,9,12,16H2,1H3,(H,29,32)(H,30,33). The Morgan fingerprint density at radius 3 is 2.22 bits per heavy atom. The Morgan fingerprint density at radius 1 is 0.861 bits per heavy atom. The number of imide groups is 1. The number of hydrogen-bond donors (Lipinski definition) is 2. The predicted molar refractivity (Wildman–Crippen MR) is 134 cm³/mol. The van der Waals surface area contributed by atoms with Gasteiger partial charge in [0, 0.05) is 29.1 Å². The molecule has 8 heteroatoms. The molecule has 182 valence electrons. The predicted octanol–water partition coefficient (Wildman–Crippen LogP) is 4.27. The number of hydrogen-bond acceptors (Lipinski definition) is 5. The number of fused-ring (bicyclic) bond motifs is 1. The third kappa shape index (κ3) is 4.76. The molecule has 3 aromatic rings. The number of nitrogens with zero attached hydrogens (tertiary/aromatic N) is 1. The number of anilines is 2. The first-order chi connectivity index (χ1) is 17.4. The van der Waals surface area contributed by atoms with Gasteiger partial charge >= 0.3 is 0 Å². The molecule has 1 saturated heterocycles. The van der Waals surface area contributed by atoms with Crippen molar-refractivity contribution in [1.29, 1.82) is 0 Å². The Labute approximate surface area is 208 Å². The molecule has 4 amide bonds. The topological polar surface area (TPSA) is 105 Å². The van der Waals surface area contributed by atoms with Gasteiger partial charge in [-0.2, -0.15) is 0 Å². The average molecular weight is 484 g/mol. The fourth-order valence-electron chi connectivity index (χ4n) is 4.46. The number of carbonyl (C=O) groups excluding carboxylic acids is 4. The van der Waals surface area contributed by atoms with E-state index in [4.69, 9.17) is 4.74 Å². The quantitative estimate of drug-likeness (QED) is 0.510. The molecule has 36 heavy (non-hydrogen) atoms. The van der Waals surface area contributed by atoms with Crippen LogP contribution in [0, 0.1) is 6.92 Å². The van der Waals surface area contributed by atoms with Gasteiger partial charge in [-0.1, -0.05) is 23.8 Å². The Balaban J connectivity index is 1.28. The first-order valence-electron chi connectivity index (χ1n) is 11.8. The smallest absolute Gasteiger partial charge is 0.261 e. The molecule has 0 saturated carbocycles. The van der Waals surface area contributed by atoms with E-state index in [1.54, 1.807) is 48.5 Å². The van der Waals surface area contributed by atoms with E-state index in [-0.39, 0.29) is 35.9 Å². The third-order valence-corrected chi connectivity index (χ3v) is 6.30. The van der Waals surface area contributed by atoms with Crippen LogP contribution in [-0.2, 0) is 4.74 Å². The zero-order valence-electron chi connectivity index (χ0n) is 19.7. The molecule has 3 aromatic carbocycles. The van der Waals surface area contributed by atoms with E-state index in [2.05, 4.69) is 10.6 Å². The second kappa shape index (κ2) is 9.75. The van der Waals surface area contributed by atoms with Gasteiger partial charge < -0.3 is 15.4 Å². The van der Waals surface area contributed by atoms with Crippen LogP contribution in [0.15, 0.2) is 66.7 Å². The summed E-state index contributed by atoms with van der Waals surface area (Å²) in [4.78, 5) is 52.3. The van der Waals surface area contributed by atoms with Crippen LogP contribution in [0.2, 0.25) is 0 Å². The van der Waals surface area contributed by atoms with Crippen LogP contribution >= 0.6 is 0 Å². The lowest BCUT2D eigenvalue weighted by Gasteiger charge is -2.17. The number of amides is 4. The third-order valence-electron chi connectivity index (χ3n) is 6.30. The summed E-state index contributed by atoms with van der Waals surface area (Å²) in [5.41, 5.74) is 3.28. The highest BCUT2D eigenvalue weighted by atomic mass is 16.5.